The lowest BCUT2D eigenvalue weighted by Crippen LogP contribution is -2.08. The van der Waals surface area contributed by atoms with E-state index in [-0.39, 0.29) is 16.5 Å². The van der Waals surface area contributed by atoms with E-state index in [2.05, 4.69) is 15.9 Å². The SMILES string of the molecule is Cc1cccc(C(O)Cc2c(F)ccc(Br)c2F)c1C. The second-order valence-corrected chi connectivity index (χ2v) is 5.69. The molecule has 0 saturated carbocycles. The van der Waals surface area contributed by atoms with Crippen molar-refractivity contribution in [3.05, 3.63) is 68.7 Å². The zero-order valence-electron chi connectivity index (χ0n) is 11.3. The Balaban J connectivity index is 2.35. The van der Waals surface area contributed by atoms with Crippen molar-refractivity contribution in [2.45, 2.75) is 26.4 Å². The molecule has 2 rings (SSSR count). The molecule has 0 bridgehead atoms. The quantitative estimate of drug-likeness (QED) is 0.808. The minimum Gasteiger partial charge on any atom is -0.388 e. The predicted molar refractivity (Wildman–Crippen MR) is 78.6 cm³/mol. The molecule has 106 valence electrons. The molecule has 0 aliphatic carbocycles. The number of aliphatic hydroxyl groups is 1. The Morgan fingerprint density at radius 1 is 1.15 bits per heavy atom. The average molecular weight is 341 g/mol. The number of halogens is 3. The minimum absolute atomic E-state index is 0.0958. The monoisotopic (exact) mass is 340 g/mol. The molecule has 0 aromatic heterocycles. The molecule has 0 aliphatic rings. The van der Waals surface area contributed by atoms with Gasteiger partial charge in [-0.1, -0.05) is 18.2 Å². The van der Waals surface area contributed by atoms with Gasteiger partial charge >= 0.3 is 0 Å². The van der Waals surface area contributed by atoms with Crippen molar-refractivity contribution < 1.29 is 13.9 Å². The third-order valence-electron chi connectivity index (χ3n) is 3.54. The molecule has 1 N–H and O–H groups in total. The van der Waals surface area contributed by atoms with E-state index in [1.165, 1.54) is 12.1 Å². The molecule has 0 saturated heterocycles. The van der Waals surface area contributed by atoms with Crippen LogP contribution in [0.4, 0.5) is 8.78 Å². The van der Waals surface area contributed by atoms with Crippen LogP contribution in [0.3, 0.4) is 0 Å². The minimum atomic E-state index is -0.937. The van der Waals surface area contributed by atoms with E-state index in [4.69, 9.17) is 0 Å². The molecule has 1 unspecified atom stereocenters. The molecule has 0 radical (unpaired) electrons. The molecule has 0 heterocycles. The normalized spacial score (nSPS) is 12.5. The van der Waals surface area contributed by atoms with Gasteiger partial charge in [-0.25, -0.2) is 8.78 Å². The first kappa shape index (κ1) is 15.1. The first-order valence-electron chi connectivity index (χ1n) is 6.28. The fraction of sp³-hybridized carbons (Fsp3) is 0.250. The van der Waals surface area contributed by atoms with Gasteiger partial charge in [-0.15, -0.1) is 0 Å². The van der Waals surface area contributed by atoms with Gasteiger partial charge in [0.05, 0.1) is 10.6 Å². The lowest BCUT2D eigenvalue weighted by atomic mass is 9.95. The molecule has 20 heavy (non-hydrogen) atoms. The Morgan fingerprint density at radius 3 is 2.55 bits per heavy atom. The highest BCUT2D eigenvalue weighted by Gasteiger charge is 2.19. The van der Waals surface area contributed by atoms with Crippen LogP contribution < -0.4 is 0 Å². The summed E-state index contributed by atoms with van der Waals surface area (Å²) in [5.74, 6) is -1.30. The number of aliphatic hydroxyl groups excluding tert-OH is 1. The molecule has 2 aromatic carbocycles. The Bertz CT molecular complexity index is 641. The van der Waals surface area contributed by atoms with Gasteiger partial charge in [0.1, 0.15) is 11.6 Å². The molecule has 4 heteroatoms. The second-order valence-electron chi connectivity index (χ2n) is 4.83. The van der Waals surface area contributed by atoms with Gasteiger partial charge in [-0.3, -0.25) is 0 Å². The van der Waals surface area contributed by atoms with E-state index in [0.29, 0.717) is 5.56 Å². The van der Waals surface area contributed by atoms with E-state index in [9.17, 15) is 13.9 Å². The highest BCUT2D eigenvalue weighted by Crippen LogP contribution is 2.28. The zero-order chi connectivity index (χ0) is 14.9. The van der Waals surface area contributed by atoms with Gasteiger partial charge in [0.15, 0.2) is 0 Å². The van der Waals surface area contributed by atoms with E-state index in [1.807, 2.05) is 26.0 Å². The van der Waals surface area contributed by atoms with E-state index in [0.717, 1.165) is 11.1 Å². The van der Waals surface area contributed by atoms with Crippen LogP contribution in [-0.2, 0) is 6.42 Å². The molecular weight excluding hydrogens is 326 g/mol. The molecule has 1 nitrogen and oxygen atoms in total. The Morgan fingerprint density at radius 2 is 1.85 bits per heavy atom. The van der Waals surface area contributed by atoms with Crippen LogP contribution in [0.1, 0.15) is 28.4 Å². The third-order valence-corrected chi connectivity index (χ3v) is 4.15. The Kier molecular flexibility index (Phi) is 4.55. The van der Waals surface area contributed by atoms with Crippen molar-refractivity contribution in [1.29, 1.82) is 0 Å². The summed E-state index contributed by atoms with van der Waals surface area (Å²) in [6.07, 6.45) is -1.03. The van der Waals surface area contributed by atoms with Crippen molar-refractivity contribution in [2.75, 3.05) is 0 Å². The summed E-state index contributed by atoms with van der Waals surface area (Å²) < 4.78 is 27.8. The van der Waals surface area contributed by atoms with Crippen molar-refractivity contribution in [3.63, 3.8) is 0 Å². The van der Waals surface area contributed by atoms with Crippen LogP contribution in [-0.4, -0.2) is 5.11 Å². The van der Waals surface area contributed by atoms with Gasteiger partial charge in [0.25, 0.3) is 0 Å². The van der Waals surface area contributed by atoms with Crippen LogP contribution in [0.2, 0.25) is 0 Å². The summed E-state index contributed by atoms with van der Waals surface area (Å²) in [5.41, 5.74) is 2.57. The summed E-state index contributed by atoms with van der Waals surface area (Å²) in [6, 6.07) is 8.05. The summed E-state index contributed by atoms with van der Waals surface area (Å²) in [4.78, 5) is 0. The van der Waals surface area contributed by atoms with Crippen LogP contribution >= 0.6 is 15.9 Å². The lowest BCUT2D eigenvalue weighted by Gasteiger charge is -2.16. The number of hydrogen-bond donors (Lipinski definition) is 1. The van der Waals surface area contributed by atoms with E-state index >= 15 is 0 Å². The van der Waals surface area contributed by atoms with Crippen LogP contribution in [0.15, 0.2) is 34.8 Å². The Labute approximate surface area is 125 Å². The smallest absolute Gasteiger partial charge is 0.143 e. The van der Waals surface area contributed by atoms with E-state index in [1.54, 1.807) is 6.07 Å². The topological polar surface area (TPSA) is 20.2 Å². The van der Waals surface area contributed by atoms with Gasteiger partial charge < -0.3 is 5.11 Å². The van der Waals surface area contributed by atoms with Gasteiger partial charge in [0.2, 0.25) is 0 Å². The molecular formula is C16H15BrF2O. The lowest BCUT2D eigenvalue weighted by molar-refractivity contribution is 0.175. The number of hydrogen-bond acceptors (Lipinski definition) is 1. The summed E-state index contributed by atoms with van der Waals surface area (Å²) in [6.45, 7) is 3.83. The summed E-state index contributed by atoms with van der Waals surface area (Å²) in [7, 11) is 0. The summed E-state index contributed by atoms with van der Waals surface area (Å²) >= 11 is 3.03. The largest absolute Gasteiger partial charge is 0.388 e. The standard InChI is InChI=1S/C16H15BrF2O/c1-9-4-3-5-11(10(9)2)15(20)8-12-14(18)7-6-13(17)16(12)19/h3-7,15,20H,8H2,1-2H3. The fourth-order valence-electron chi connectivity index (χ4n) is 2.19. The third kappa shape index (κ3) is 2.91. The fourth-order valence-corrected chi connectivity index (χ4v) is 2.57. The van der Waals surface area contributed by atoms with Crippen molar-refractivity contribution in [1.82, 2.24) is 0 Å². The number of rotatable bonds is 3. The first-order chi connectivity index (χ1) is 9.41. The van der Waals surface area contributed by atoms with Gasteiger partial charge in [0, 0.05) is 12.0 Å². The van der Waals surface area contributed by atoms with Gasteiger partial charge in [-0.05, 0) is 58.6 Å². The van der Waals surface area contributed by atoms with Gasteiger partial charge in [-0.2, -0.15) is 0 Å². The number of aryl methyl sites for hydroxylation is 1. The average Bonchev–Trinajstić information content (AvgIpc) is 2.42. The Hall–Kier alpha value is -1.26. The van der Waals surface area contributed by atoms with Crippen molar-refractivity contribution >= 4 is 15.9 Å². The van der Waals surface area contributed by atoms with Crippen molar-refractivity contribution in [3.8, 4) is 0 Å². The second kappa shape index (κ2) is 6.02. The first-order valence-corrected chi connectivity index (χ1v) is 7.07. The molecule has 0 spiro atoms. The molecule has 2 aromatic rings. The van der Waals surface area contributed by atoms with E-state index < -0.39 is 17.7 Å². The molecule has 0 aliphatic heterocycles. The highest BCUT2D eigenvalue weighted by molar-refractivity contribution is 9.10. The van der Waals surface area contributed by atoms with Crippen molar-refractivity contribution in [2.24, 2.45) is 0 Å². The molecule has 0 amide bonds. The highest BCUT2D eigenvalue weighted by atomic mass is 79.9. The van der Waals surface area contributed by atoms with Crippen LogP contribution in [0.25, 0.3) is 0 Å². The van der Waals surface area contributed by atoms with Crippen LogP contribution in [0, 0.1) is 25.5 Å². The predicted octanol–water partition coefficient (Wildman–Crippen LogP) is 4.62. The maximum absolute atomic E-state index is 13.9. The number of benzene rings is 2. The summed E-state index contributed by atoms with van der Waals surface area (Å²) in [5, 5.41) is 10.3. The van der Waals surface area contributed by atoms with Crippen LogP contribution in [0.5, 0.6) is 0 Å². The zero-order valence-corrected chi connectivity index (χ0v) is 12.8. The maximum atomic E-state index is 13.9. The molecule has 0 fully saturated rings. The maximum Gasteiger partial charge on any atom is 0.143 e. The molecule has 1 atom stereocenters.